The molecule has 0 aromatic heterocycles. The maximum absolute atomic E-state index is 4.93. The van der Waals surface area contributed by atoms with Gasteiger partial charge >= 0.3 is 0 Å². The first-order chi connectivity index (χ1) is 12.4. The van der Waals surface area contributed by atoms with Crippen molar-refractivity contribution in [3.63, 3.8) is 0 Å². The maximum Gasteiger partial charge on any atom is 0.0593 e. The molecule has 0 heterocycles. The van der Waals surface area contributed by atoms with Crippen molar-refractivity contribution in [1.82, 2.24) is 0 Å². The van der Waals surface area contributed by atoms with Crippen LogP contribution < -0.4 is 0 Å². The highest BCUT2D eigenvalue weighted by Gasteiger charge is 2.58. The molecule has 6 unspecified atom stereocenters. The van der Waals surface area contributed by atoms with Gasteiger partial charge in [-0.25, -0.2) is 0 Å². The molecule has 3 saturated carbocycles. The zero-order valence-corrected chi connectivity index (χ0v) is 17.6. The quantitative estimate of drug-likeness (QED) is 0.383. The van der Waals surface area contributed by atoms with E-state index in [1.165, 1.54) is 69.1 Å². The summed E-state index contributed by atoms with van der Waals surface area (Å²) >= 11 is 0. The molecule has 6 atom stereocenters. The van der Waals surface area contributed by atoms with Gasteiger partial charge in [-0.3, -0.25) is 4.99 Å². The van der Waals surface area contributed by atoms with E-state index in [-0.39, 0.29) is 0 Å². The van der Waals surface area contributed by atoms with E-state index in [4.69, 9.17) is 4.99 Å². The van der Waals surface area contributed by atoms with Gasteiger partial charge < -0.3 is 0 Å². The molecule has 0 radical (unpaired) electrons. The minimum atomic E-state index is 0.486. The zero-order valence-electron chi connectivity index (χ0n) is 17.6. The van der Waals surface area contributed by atoms with E-state index < -0.39 is 0 Å². The molecule has 3 fully saturated rings. The van der Waals surface area contributed by atoms with Crippen LogP contribution in [0.15, 0.2) is 28.8 Å². The number of fused-ring (bicyclic) bond motifs is 5. The third-order valence-corrected chi connectivity index (χ3v) is 9.12. The van der Waals surface area contributed by atoms with Gasteiger partial charge in [0.05, 0.1) is 6.54 Å². The molecule has 0 aromatic rings. The van der Waals surface area contributed by atoms with Crippen LogP contribution >= 0.6 is 0 Å². The summed E-state index contributed by atoms with van der Waals surface area (Å²) in [5.74, 6) is 3.50. The van der Waals surface area contributed by atoms with Gasteiger partial charge in [0, 0.05) is 11.6 Å². The van der Waals surface area contributed by atoms with E-state index in [2.05, 4.69) is 40.3 Å². The normalized spacial score (nSPS) is 45.4. The second-order valence-corrected chi connectivity index (χ2v) is 10.6. The molecule has 0 aliphatic heterocycles. The summed E-state index contributed by atoms with van der Waals surface area (Å²) in [6.07, 6.45) is 15.5. The molecule has 0 amide bonds. The molecule has 0 bridgehead atoms. The van der Waals surface area contributed by atoms with Crippen LogP contribution in [0.1, 0.15) is 85.5 Å². The fourth-order valence-corrected chi connectivity index (χ4v) is 7.75. The Morgan fingerprint density at radius 1 is 1.12 bits per heavy atom. The smallest absolute Gasteiger partial charge is 0.0593 e. The Kier molecular flexibility index (Phi) is 4.73. The van der Waals surface area contributed by atoms with Crippen molar-refractivity contribution in [2.24, 2.45) is 39.5 Å². The van der Waals surface area contributed by atoms with E-state index in [1.807, 2.05) is 5.57 Å². The fourth-order valence-electron chi connectivity index (χ4n) is 7.75. The molecule has 0 spiro atoms. The first-order valence-corrected chi connectivity index (χ1v) is 11.2. The predicted molar refractivity (Wildman–Crippen MR) is 113 cm³/mol. The summed E-state index contributed by atoms with van der Waals surface area (Å²) in [7, 11) is 0. The second-order valence-electron chi connectivity index (χ2n) is 10.6. The Morgan fingerprint density at radius 3 is 2.69 bits per heavy atom. The highest BCUT2D eigenvalue weighted by Crippen LogP contribution is 2.66. The van der Waals surface area contributed by atoms with Crippen LogP contribution in [0.2, 0.25) is 0 Å². The molecule has 0 aromatic carbocycles. The van der Waals surface area contributed by atoms with Gasteiger partial charge in [-0.15, -0.1) is 0 Å². The predicted octanol–water partition coefficient (Wildman–Crippen LogP) is 6.99. The summed E-state index contributed by atoms with van der Waals surface area (Å²) in [4.78, 5) is 4.93. The SMILES string of the molecule is C=C(C)CN=C(C)C1CCC2C3CC=C4CCCCC4(C)C3CCC12C. The van der Waals surface area contributed by atoms with Crippen molar-refractivity contribution in [2.45, 2.75) is 85.5 Å². The summed E-state index contributed by atoms with van der Waals surface area (Å²) in [6, 6.07) is 0. The van der Waals surface area contributed by atoms with E-state index in [1.54, 1.807) is 0 Å². The van der Waals surface area contributed by atoms with Crippen LogP contribution in [-0.4, -0.2) is 12.3 Å². The summed E-state index contributed by atoms with van der Waals surface area (Å²) < 4.78 is 0. The molecular formula is C25H39N. The lowest BCUT2D eigenvalue weighted by Gasteiger charge is -2.57. The van der Waals surface area contributed by atoms with Crippen molar-refractivity contribution in [3.05, 3.63) is 23.8 Å². The van der Waals surface area contributed by atoms with Crippen LogP contribution in [0, 0.1) is 34.5 Å². The Balaban J connectivity index is 1.59. The first kappa shape index (κ1) is 18.5. The molecule has 4 rings (SSSR count). The number of nitrogens with zero attached hydrogens (tertiary/aromatic N) is 1. The Hall–Kier alpha value is -0.850. The minimum absolute atomic E-state index is 0.486. The maximum atomic E-state index is 4.93. The van der Waals surface area contributed by atoms with Crippen molar-refractivity contribution in [3.8, 4) is 0 Å². The largest absolute Gasteiger partial charge is 0.290 e. The molecular weight excluding hydrogens is 314 g/mol. The Bertz CT molecular complexity index is 641. The molecule has 1 nitrogen and oxygen atoms in total. The van der Waals surface area contributed by atoms with Crippen LogP contribution in [-0.2, 0) is 0 Å². The van der Waals surface area contributed by atoms with Crippen LogP contribution in [0.25, 0.3) is 0 Å². The molecule has 0 saturated heterocycles. The fraction of sp³-hybridized carbons (Fsp3) is 0.800. The van der Waals surface area contributed by atoms with Crippen LogP contribution in [0.4, 0.5) is 0 Å². The Labute approximate surface area is 161 Å². The number of hydrogen-bond acceptors (Lipinski definition) is 1. The van der Waals surface area contributed by atoms with Crippen molar-refractivity contribution < 1.29 is 0 Å². The monoisotopic (exact) mass is 353 g/mol. The van der Waals surface area contributed by atoms with E-state index in [9.17, 15) is 0 Å². The lowest BCUT2D eigenvalue weighted by Crippen LogP contribution is -2.50. The highest BCUT2D eigenvalue weighted by molar-refractivity contribution is 5.85. The standard InChI is InChI=1S/C25H39N/c1-17(2)16-26-18(3)21-11-12-22-20-10-9-19-8-6-7-14-24(19,4)23(20)13-15-25(21,22)5/h9,20-23H,1,6-8,10-16H2,2-5H3. The second kappa shape index (κ2) is 6.64. The topological polar surface area (TPSA) is 12.4 Å². The zero-order chi connectivity index (χ0) is 18.5. The van der Waals surface area contributed by atoms with Gasteiger partial charge in [-0.2, -0.15) is 0 Å². The third-order valence-electron chi connectivity index (χ3n) is 9.12. The molecule has 26 heavy (non-hydrogen) atoms. The average Bonchev–Trinajstić information content (AvgIpc) is 2.96. The van der Waals surface area contributed by atoms with Gasteiger partial charge in [-0.05, 0) is 93.8 Å². The lowest BCUT2D eigenvalue weighted by atomic mass is 9.47. The van der Waals surface area contributed by atoms with Crippen LogP contribution in [0.3, 0.4) is 0 Å². The first-order valence-electron chi connectivity index (χ1n) is 11.2. The molecule has 4 aliphatic rings. The molecule has 0 N–H and O–H groups in total. The molecule has 4 aliphatic carbocycles. The summed E-state index contributed by atoms with van der Waals surface area (Å²) in [6.45, 7) is 14.5. The van der Waals surface area contributed by atoms with E-state index in [0.717, 1.165) is 24.3 Å². The number of allylic oxidation sites excluding steroid dienone is 2. The lowest BCUT2D eigenvalue weighted by molar-refractivity contribution is -0.0324. The summed E-state index contributed by atoms with van der Waals surface area (Å²) in [5.41, 5.74) is 5.45. The summed E-state index contributed by atoms with van der Waals surface area (Å²) in [5, 5.41) is 0. The van der Waals surface area contributed by atoms with E-state index in [0.29, 0.717) is 16.7 Å². The number of hydrogen-bond donors (Lipinski definition) is 0. The van der Waals surface area contributed by atoms with Crippen molar-refractivity contribution in [1.29, 1.82) is 0 Å². The highest BCUT2D eigenvalue weighted by atomic mass is 14.8. The third kappa shape index (κ3) is 2.76. The van der Waals surface area contributed by atoms with Crippen molar-refractivity contribution in [2.75, 3.05) is 6.54 Å². The number of aliphatic imine (C=N–C) groups is 1. The van der Waals surface area contributed by atoms with Gasteiger partial charge in [0.25, 0.3) is 0 Å². The van der Waals surface area contributed by atoms with Gasteiger partial charge in [0.1, 0.15) is 0 Å². The van der Waals surface area contributed by atoms with Gasteiger partial charge in [0.2, 0.25) is 0 Å². The average molecular weight is 354 g/mol. The van der Waals surface area contributed by atoms with Crippen molar-refractivity contribution >= 4 is 5.71 Å². The molecule has 144 valence electrons. The van der Waals surface area contributed by atoms with Crippen LogP contribution in [0.5, 0.6) is 0 Å². The Morgan fingerprint density at radius 2 is 1.92 bits per heavy atom. The number of rotatable bonds is 3. The van der Waals surface area contributed by atoms with Gasteiger partial charge in [0.15, 0.2) is 0 Å². The van der Waals surface area contributed by atoms with Gasteiger partial charge in [-0.1, -0.05) is 44.1 Å². The van der Waals surface area contributed by atoms with E-state index >= 15 is 0 Å². The minimum Gasteiger partial charge on any atom is -0.290 e. The molecule has 1 heteroatoms.